The zero-order valence-electron chi connectivity index (χ0n) is 15.2. The summed E-state index contributed by atoms with van der Waals surface area (Å²) in [7, 11) is 0. The summed E-state index contributed by atoms with van der Waals surface area (Å²) in [6.07, 6.45) is 8.12. The minimum absolute atomic E-state index is 0.0242. The van der Waals surface area contributed by atoms with E-state index in [1.165, 1.54) is 5.57 Å². The van der Waals surface area contributed by atoms with Crippen LogP contribution in [0.25, 0.3) is 0 Å². The van der Waals surface area contributed by atoms with Crippen LogP contribution in [0.5, 0.6) is 0 Å². The first-order valence-corrected chi connectivity index (χ1v) is 9.70. The van der Waals surface area contributed by atoms with Crippen LogP contribution < -0.4 is 0 Å². The van der Waals surface area contributed by atoms with Gasteiger partial charge in [0.05, 0.1) is 6.10 Å². The Morgan fingerprint density at radius 3 is 2.67 bits per heavy atom. The number of carbonyl (C=O) groups excluding carboxylic acids is 2. The van der Waals surface area contributed by atoms with Crippen LogP contribution in [0.3, 0.4) is 0 Å². The van der Waals surface area contributed by atoms with Gasteiger partial charge in [-0.3, -0.25) is 9.59 Å². The third-order valence-corrected chi connectivity index (χ3v) is 8.44. The van der Waals surface area contributed by atoms with Crippen LogP contribution >= 0.6 is 0 Å². The van der Waals surface area contributed by atoms with Gasteiger partial charge in [0.1, 0.15) is 5.78 Å². The molecule has 3 nitrogen and oxygen atoms in total. The lowest BCUT2D eigenvalue weighted by Crippen LogP contribution is -2.52. The Balaban J connectivity index is 1.70. The summed E-state index contributed by atoms with van der Waals surface area (Å²) in [6.45, 7) is 6.32. The lowest BCUT2D eigenvalue weighted by Gasteiger charge is -2.58. The fraction of sp³-hybridized carbons (Fsp3) is 0.810. The Labute approximate surface area is 144 Å². The summed E-state index contributed by atoms with van der Waals surface area (Å²) >= 11 is 0. The quantitative estimate of drug-likeness (QED) is 0.797. The molecule has 0 aromatic rings. The van der Waals surface area contributed by atoms with Gasteiger partial charge in [-0.25, -0.2) is 0 Å². The van der Waals surface area contributed by atoms with E-state index in [1.54, 1.807) is 6.92 Å². The summed E-state index contributed by atoms with van der Waals surface area (Å²) in [6, 6.07) is 0. The van der Waals surface area contributed by atoms with E-state index in [2.05, 4.69) is 13.8 Å². The highest BCUT2D eigenvalue weighted by Gasteiger charge is 2.62. The van der Waals surface area contributed by atoms with Gasteiger partial charge in [-0.05, 0) is 80.1 Å². The van der Waals surface area contributed by atoms with Crippen molar-refractivity contribution < 1.29 is 14.7 Å². The predicted molar refractivity (Wildman–Crippen MR) is 92.3 cm³/mol. The largest absolute Gasteiger partial charge is 0.393 e. The molecule has 4 rings (SSSR count). The molecule has 0 heterocycles. The normalized spacial score (nSPS) is 50.6. The molecular formula is C21H30O3. The average molecular weight is 330 g/mol. The van der Waals surface area contributed by atoms with Gasteiger partial charge in [0, 0.05) is 12.3 Å². The number of allylic oxidation sites excluding steroid dienone is 1. The molecule has 0 spiro atoms. The molecule has 24 heavy (non-hydrogen) atoms. The Morgan fingerprint density at radius 2 is 1.96 bits per heavy atom. The highest BCUT2D eigenvalue weighted by Crippen LogP contribution is 2.66. The molecule has 0 aromatic heterocycles. The summed E-state index contributed by atoms with van der Waals surface area (Å²) in [5.74, 6) is 1.88. The molecule has 7 atom stereocenters. The summed E-state index contributed by atoms with van der Waals surface area (Å²) in [5.41, 5.74) is 1.46. The Bertz CT molecular complexity index is 621. The molecule has 4 aliphatic rings. The predicted octanol–water partition coefficient (Wildman–Crippen LogP) is 3.69. The summed E-state index contributed by atoms with van der Waals surface area (Å²) in [4.78, 5) is 24.1. The van der Waals surface area contributed by atoms with Crippen LogP contribution in [0.15, 0.2) is 11.6 Å². The lowest BCUT2D eigenvalue weighted by molar-refractivity contribution is -0.129. The Morgan fingerprint density at radius 1 is 1.21 bits per heavy atom. The van der Waals surface area contributed by atoms with E-state index in [-0.39, 0.29) is 34.6 Å². The number of aliphatic hydroxyl groups excluding tert-OH is 1. The van der Waals surface area contributed by atoms with E-state index in [0.717, 1.165) is 32.1 Å². The zero-order chi connectivity index (χ0) is 17.3. The smallest absolute Gasteiger partial charge is 0.155 e. The fourth-order valence-corrected chi connectivity index (χ4v) is 7.26. The molecule has 0 aliphatic heterocycles. The molecular weight excluding hydrogens is 300 g/mol. The molecule has 1 unspecified atom stereocenters. The maximum Gasteiger partial charge on any atom is 0.155 e. The maximum atomic E-state index is 12.2. The van der Waals surface area contributed by atoms with E-state index in [0.29, 0.717) is 30.5 Å². The number of carbonyl (C=O) groups is 2. The van der Waals surface area contributed by atoms with Crippen molar-refractivity contribution in [3.63, 3.8) is 0 Å². The van der Waals surface area contributed by atoms with Gasteiger partial charge < -0.3 is 5.11 Å². The van der Waals surface area contributed by atoms with E-state index in [1.807, 2.05) is 6.08 Å². The van der Waals surface area contributed by atoms with Crippen molar-refractivity contribution in [2.45, 2.75) is 71.8 Å². The highest BCUT2D eigenvalue weighted by molar-refractivity contribution is 5.91. The minimum Gasteiger partial charge on any atom is -0.393 e. The topological polar surface area (TPSA) is 54.4 Å². The molecule has 3 heteroatoms. The Hall–Kier alpha value is -0.960. The van der Waals surface area contributed by atoms with Crippen molar-refractivity contribution in [3.05, 3.63) is 11.6 Å². The molecule has 3 fully saturated rings. The second kappa shape index (κ2) is 5.27. The fourth-order valence-electron chi connectivity index (χ4n) is 7.26. The van der Waals surface area contributed by atoms with Crippen molar-refractivity contribution >= 4 is 11.6 Å². The second-order valence-corrected chi connectivity index (χ2v) is 9.40. The van der Waals surface area contributed by atoms with E-state index >= 15 is 0 Å². The summed E-state index contributed by atoms with van der Waals surface area (Å²) in [5, 5.41) is 10.8. The van der Waals surface area contributed by atoms with Crippen molar-refractivity contribution in [3.8, 4) is 0 Å². The number of Topliss-reactive ketones (excluding diaryl/α,β-unsaturated/α-hetero) is 1. The first-order valence-electron chi connectivity index (χ1n) is 9.70. The number of rotatable bonds is 1. The first-order chi connectivity index (χ1) is 11.3. The van der Waals surface area contributed by atoms with Gasteiger partial charge >= 0.3 is 0 Å². The standard InChI is InChI=1S/C21H30O3/c1-12(22)17-11-18(24)19-15-5-4-13-10-14(23)6-8-20(13,2)16(15)7-9-21(17,19)3/h10,15-19,24H,4-9,11H2,1-3H3/t15-,16-,17+,18?,19+,20-,21+/m0/s1. The van der Waals surface area contributed by atoms with E-state index in [9.17, 15) is 14.7 Å². The Kier molecular flexibility index (Phi) is 3.62. The van der Waals surface area contributed by atoms with Crippen LogP contribution in [-0.2, 0) is 9.59 Å². The van der Waals surface area contributed by atoms with Crippen LogP contribution in [0.2, 0.25) is 0 Å². The molecule has 4 aliphatic carbocycles. The molecule has 0 amide bonds. The third-order valence-electron chi connectivity index (χ3n) is 8.44. The number of ketones is 2. The zero-order valence-corrected chi connectivity index (χ0v) is 15.2. The average Bonchev–Trinajstić information content (AvgIpc) is 2.80. The molecule has 0 aromatic carbocycles. The highest BCUT2D eigenvalue weighted by atomic mass is 16.3. The third kappa shape index (κ3) is 2.06. The van der Waals surface area contributed by atoms with Gasteiger partial charge in [-0.1, -0.05) is 19.4 Å². The molecule has 0 radical (unpaired) electrons. The first kappa shape index (κ1) is 16.5. The van der Waals surface area contributed by atoms with Crippen molar-refractivity contribution in [1.29, 1.82) is 0 Å². The second-order valence-electron chi connectivity index (χ2n) is 9.40. The van der Waals surface area contributed by atoms with Gasteiger partial charge in [-0.15, -0.1) is 0 Å². The molecule has 0 saturated heterocycles. The van der Waals surface area contributed by atoms with Crippen LogP contribution in [0.4, 0.5) is 0 Å². The number of hydrogen-bond donors (Lipinski definition) is 1. The van der Waals surface area contributed by atoms with Crippen molar-refractivity contribution in [1.82, 2.24) is 0 Å². The molecule has 3 saturated carbocycles. The van der Waals surface area contributed by atoms with Gasteiger partial charge in [0.25, 0.3) is 0 Å². The number of aliphatic hydroxyl groups is 1. The summed E-state index contributed by atoms with van der Waals surface area (Å²) < 4.78 is 0. The van der Waals surface area contributed by atoms with Crippen LogP contribution in [-0.4, -0.2) is 22.8 Å². The van der Waals surface area contributed by atoms with Crippen molar-refractivity contribution in [2.24, 2.45) is 34.5 Å². The van der Waals surface area contributed by atoms with Crippen LogP contribution in [0, 0.1) is 34.5 Å². The van der Waals surface area contributed by atoms with E-state index < -0.39 is 0 Å². The minimum atomic E-state index is -0.337. The van der Waals surface area contributed by atoms with E-state index in [4.69, 9.17) is 0 Å². The number of fused-ring (bicyclic) bond motifs is 5. The maximum absolute atomic E-state index is 12.2. The molecule has 1 N–H and O–H groups in total. The monoisotopic (exact) mass is 330 g/mol. The number of hydrogen-bond acceptors (Lipinski definition) is 3. The van der Waals surface area contributed by atoms with Gasteiger partial charge in [0.15, 0.2) is 5.78 Å². The van der Waals surface area contributed by atoms with Gasteiger partial charge in [0.2, 0.25) is 0 Å². The lowest BCUT2D eigenvalue weighted by atomic mass is 9.46. The van der Waals surface area contributed by atoms with Crippen molar-refractivity contribution in [2.75, 3.05) is 0 Å². The molecule has 132 valence electrons. The van der Waals surface area contributed by atoms with Gasteiger partial charge in [-0.2, -0.15) is 0 Å². The van der Waals surface area contributed by atoms with Crippen LogP contribution in [0.1, 0.15) is 65.7 Å². The molecule has 0 bridgehead atoms. The SMILES string of the molecule is CC(=O)[C@H]1CC(O)[C@H]2[C@H]3CCC4=CC(=O)CC[C@]4(C)[C@H]3CC[C@]12C.